The van der Waals surface area contributed by atoms with Gasteiger partial charge in [-0.1, -0.05) is 32.3 Å². The highest BCUT2D eigenvalue weighted by atomic mass is 16.4. The van der Waals surface area contributed by atoms with Crippen LogP contribution in [0.15, 0.2) is 4.42 Å². The van der Waals surface area contributed by atoms with Gasteiger partial charge in [-0.25, -0.2) is 0 Å². The summed E-state index contributed by atoms with van der Waals surface area (Å²) < 4.78 is 5.56. The summed E-state index contributed by atoms with van der Waals surface area (Å²) >= 11 is 0. The minimum Gasteiger partial charge on any atom is -0.407 e. The summed E-state index contributed by atoms with van der Waals surface area (Å²) in [5.74, 6) is 2.91. The van der Waals surface area contributed by atoms with Gasteiger partial charge in [0, 0.05) is 6.54 Å². The summed E-state index contributed by atoms with van der Waals surface area (Å²) in [6, 6.07) is 0.556. The molecule has 0 aromatic carbocycles. The average molecular weight is 266 g/mol. The average Bonchev–Trinajstić information content (AvgIpc) is 2.95. The molecule has 1 aromatic rings. The van der Waals surface area contributed by atoms with Crippen molar-refractivity contribution in [1.29, 1.82) is 0 Å². The van der Waals surface area contributed by atoms with Crippen LogP contribution in [0.2, 0.25) is 0 Å². The lowest BCUT2D eigenvalue weighted by atomic mass is 10.1. The molecule has 0 saturated heterocycles. The van der Waals surface area contributed by atoms with Crippen LogP contribution in [0.5, 0.6) is 0 Å². The molecule has 5 heteroatoms. The molecule has 2 unspecified atom stereocenters. The third-order valence-corrected chi connectivity index (χ3v) is 3.64. The van der Waals surface area contributed by atoms with Crippen molar-refractivity contribution in [2.75, 3.05) is 18.4 Å². The van der Waals surface area contributed by atoms with E-state index < -0.39 is 0 Å². The highest BCUT2D eigenvalue weighted by Crippen LogP contribution is 2.30. The molecule has 0 radical (unpaired) electrons. The van der Waals surface area contributed by atoms with E-state index in [0.29, 0.717) is 24.4 Å². The van der Waals surface area contributed by atoms with Crippen LogP contribution in [-0.4, -0.2) is 23.3 Å². The second kappa shape index (κ2) is 6.89. The van der Waals surface area contributed by atoms with E-state index in [1.165, 1.54) is 19.3 Å². The lowest BCUT2D eigenvalue weighted by Gasteiger charge is -2.08. The first-order valence-corrected chi connectivity index (χ1v) is 7.40. The first-order chi connectivity index (χ1) is 9.13. The van der Waals surface area contributed by atoms with Gasteiger partial charge in [0.15, 0.2) is 0 Å². The first-order valence-electron chi connectivity index (χ1n) is 7.40. The Morgan fingerprint density at radius 3 is 2.84 bits per heavy atom. The maximum Gasteiger partial charge on any atom is 0.315 e. The molecular formula is C14H26N4O. The van der Waals surface area contributed by atoms with Crippen molar-refractivity contribution >= 4 is 6.01 Å². The van der Waals surface area contributed by atoms with Crippen LogP contribution in [0.4, 0.5) is 6.01 Å². The van der Waals surface area contributed by atoms with E-state index in [2.05, 4.69) is 41.6 Å². The van der Waals surface area contributed by atoms with Gasteiger partial charge in [-0.05, 0) is 37.1 Å². The Balaban J connectivity index is 1.68. The molecule has 2 atom stereocenters. The van der Waals surface area contributed by atoms with Crippen molar-refractivity contribution in [1.82, 2.24) is 15.5 Å². The van der Waals surface area contributed by atoms with Crippen LogP contribution >= 0.6 is 0 Å². The van der Waals surface area contributed by atoms with Crippen LogP contribution in [0.1, 0.15) is 45.9 Å². The van der Waals surface area contributed by atoms with E-state index in [9.17, 15) is 0 Å². The van der Waals surface area contributed by atoms with Crippen molar-refractivity contribution in [3.05, 3.63) is 5.89 Å². The SMILES string of the molecule is CC(C)CNCc1nnc(NCC2CCC(C)C2)o1. The summed E-state index contributed by atoms with van der Waals surface area (Å²) in [4.78, 5) is 0. The molecule has 2 rings (SSSR count). The summed E-state index contributed by atoms with van der Waals surface area (Å²) in [7, 11) is 0. The van der Waals surface area contributed by atoms with Gasteiger partial charge in [0.25, 0.3) is 0 Å². The predicted molar refractivity (Wildman–Crippen MR) is 75.8 cm³/mol. The Kier molecular flexibility index (Phi) is 5.19. The van der Waals surface area contributed by atoms with Crippen molar-refractivity contribution in [2.45, 2.75) is 46.6 Å². The third-order valence-electron chi connectivity index (χ3n) is 3.64. The minimum atomic E-state index is 0.556. The third kappa shape index (κ3) is 4.82. The molecule has 1 aromatic heterocycles. The Bertz CT molecular complexity index is 377. The highest BCUT2D eigenvalue weighted by molar-refractivity contribution is 5.17. The molecular weight excluding hydrogens is 240 g/mol. The van der Waals surface area contributed by atoms with Crippen LogP contribution < -0.4 is 10.6 Å². The zero-order valence-electron chi connectivity index (χ0n) is 12.3. The van der Waals surface area contributed by atoms with Gasteiger partial charge in [0.2, 0.25) is 5.89 Å². The molecule has 5 nitrogen and oxygen atoms in total. The molecule has 0 aliphatic heterocycles. The molecule has 108 valence electrons. The molecule has 1 aliphatic carbocycles. The van der Waals surface area contributed by atoms with Gasteiger partial charge >= 0.3 is 6.01 Å². The number of aromatic nitrogens is 2. The maximum atomic E-state index is 5.56. The number of anilines is 1. The molecule has 1 aliphatic rings. The Morgan fingerprint density at radius 1 is 1.32 bits per heavy atom. The summed E-state index contributed by atoms with van der Waals surface area (Å²) in [5, 5.41) is 14.6. The molecule has 0 spiro atoms. The topological polar surface area (TPSA) is 63.0 Å². The summed E-state index contributed by atoms with van der Waals surface area (Å²) in [6.45, 7) is 9.24. The van der Waals surface area contributed by atoms with Crippen LogP contribution in [0.3, 0.4) is 0 Å². The number of nitrogens with zero attached hydrogens (tertiary/aromatic N) is 2. The van der Waals surface area contributed by atoms with E-state index >= 15 is 0 Å². The Hall–Kier alpha value is -1.10. The minimum absolute atomic E-state index is 0.556. The largest absolute Gasteiger partial charge is 0.407 e. The molecule has 2 N–H and O–H groups in total. The standard InChI is InChI=1S/C14H26N4O/c1-10(2)7-15-9-13-17-18-14(19-13)16-8-12-5-4-11(3)6-12/h10-12,15H,4-9H2,1-3H3,(H,16,18). The summed E-state index contributed by atoms with van der Waals surface area (Å²) in [6.07, 6.45) is 3.97. The molecule has 19 heavy (non-hydrogen) atoms. The maximum absolute atomic E-state index is 5.56. The van der Waals surface area contributed by atoms with Gasteiger partial charge in [0.1, 0.15) is 0 Å². The molecule has 0 amide bonds. The fourth-order valence-electron chi connectivity index (χ4n) is 2.61. The lowest BCUT2D eigenvalue weighted by molar-refractivity contribution is 0.454. The molecule has 1 saturated carbocycles. The number of hydrogen-bond donors (Lipinski definition) is 2. The van der Waals surface area contributed by atoms with Gasteiger partial charge in [-0.2, -0.15) is 0 Å². The zero-order valence-corrected chi connectivity index (χ0v) is 12.3. The second-order valence-corrected chi connectivity index (χ2v) is 6.19. The number of rotatable bonds is 7. The van der Waals surface area contributed by atoms with Crippen molar-refractivity contribution < 1.29 is 4.42 Å². The Morgan fingerprint density at radius 2 is 2.16 bits per heavy atom. The van der Waals surface area contributed by atoms with Crippen LogP contribution in [0, 0.1) is 17.8 Å². The van der Waals surface area contributed by atoms with E-state index in [4.69, 9.17) is 4.42 Å². The van der Waals surface area contributed by atoms with Gasteiger partial charge in [0.05, 0.1) is 6.54 Å². The molecule has 1 heterocycles. The quantitative estimate of drug-likeness (QED) is 0.794. The van der Waals surface area contributed by atoms with E-state index in [1.54, 1.807) is 0 Å². The molecule has 1 fully saturated rings. The van der Waals surface area contributed by atoms with Gasteiger partial charge in [-0.3, -0.25) is 0 Å². The fourth-order valence-corrected chi connectivity index (χ4v) is 2.61. The molecule has 0 bridgehead atoms. The number of nitrogens with one attached hydrogen (secondary N) is 2. The smallest absolute Gasteiger partial charge is 0.315 e. The highest BCUT2D eigenvalue weighted by Gasteiger charge is 2.21. The van der Waals surface area contributed by atoms with Gasteiger partial charge in [-0.15, -0.1) is 5.10 Å². The van der Waals surface area contributed by atoms with E-state index in [0.717, 1.165) is 24.9 Å². The normalized spacial score (nSPS) is 23.2. The zero-order chi connectivity index (χ0) is 13.7. The number of hydrogen-bond acceptors (Lipinski definition) is 5. The fraction of sp³-hybridized carbons (Fsp3) is 0.857. The summed E-state index contributed by atoms with van der Waals surface area (Å²) in [5.41, 5.74) is 0. The Labute approximate surface area is 115 Å². The monoisotopic (exact) mass is 266 g/mol. The van der Waals surface area contributed by atoms with Crippen LogP contribution in [-0.2, 0) is 6.54 Å². The van der Waals surface area contributed by atoms with Crippen LogP contribution in [0.25, 0.3) is 0 Å². The van der Waals surface area contributed by atoms with Crippen molar-refractivity contribution in [3.8, 4) is 0 Å². The van der Waals surface area contributed by atoms with E-state index in [1.807, 2.05) is 0 Å². The lowest BCUT2D eigenvalue weighted by Crippen LogP contribution is -2.19. The van der Waals surface area contributed by atoms with Crippen molar-refractivity contribution in [2.24, 2.45) is 17.8 Å². The first kappa shape index (κ1) is 14.3. The van der Waals surface area contributed by atoms with E-state index in [-0.39, 0.29) is 0 Å². The van der Waals surface area contributed by atoms with Crippen molar-refractivity contribution in [3.63, 3.8) is 0 Å². The predicted octanol–water partition coefficient (Wildman–Crippen LogP) is 2.66. The van der Waals surface area contributed by atoms with Gasteiger partial charge < -0.3 is 15.1 Å². The second-order valence-electron chi connectivity index (χ2n) is 6.19.